The van der Waals surface area contributed by atoms with Crippen LogP contribution in [0.5, 0.6) is 5.75 Å². The predicted molar refractivity (Wildman–Crippen MR) is 109 cm³/mol. The zero-order valence-electron chi connectivity index (χ0n) is 16.0. The third-order valence-corrected chi connectivity index (χ3v) is 5.34. The number of amides is 1. The molecule has 148 valence electrons. The Hall–Kier alpha value is -3.05. The average Bonchev–Trinajstić information content (AvgIpc) is 2.67. The van der Waals surface area contributed by atoms with Crippen LogP contribution in [0.3, 0.4) is 0 Å². The second-order valence-corrected chi connectivity index (χ2v) is 8.06. The smallest absolute Gasteiger partial charge is 0.248 e. The molecule has 0 heterocycles. The molecule has 0 saturated heterocycles. The monoisotopic (exact) mass is 401 g/mol. The normalized spacial score (nSPS) is 11.9. The average molecular weight is 401 g/mol. The van der Waals surface area contributed by atoms with Crippen LogP contribution in [0.1, 0.15) is 18.9 Å². The van der Waals surface area contributed by atoms with E-state index in [1.807, 2.05) is 0 Å². The van der Waals surface area contributed by atoms with Crippen LogP contribution in [0.4, 0.5) is 11.4 Å². The number of carbonyl (C=O) groups excluding carboxylic acids is 1. The fraction of sp³-hybridized carbons (Fsp3) is 0.300. The van der Waals surface area contributed by atoms with Gasteiger partial charge in [0.15, 0.2) is 0 Å². The molecule has 1 atom stereocenters. The third kappa shape index (κ3) is 5.24. The van der Waals surface area contributed by atoms with E-state index in [2.05, 4.69) is 11.4 Å². The minimum Gasteiger partial charge on any atom is -0.497 e. The van der Waals surface area contributed by atoms with Crippen LogP contribution < -0.4 is 14.4 Å². The Morgan fingerprint density at radius 3 is 2.25 bits per heavy atom. The van der Waals surface area contributed by atoms with Gasteiger partial charge in [-0.15, -0.1) is 0 Å². The summed E-state index contributed by atoms with van der Waals surface area (Å²) in [7, 11) is -2.18. The van der Waals surface area contributed by atoms with Crippen molar-refractivity contribution in [2.24, 2.45) is 0 Å². The van der Waals surface area contributed by atoms with Crippen molar-refractivity contribution in [1.29, 1.82) is 5.26 Å². The summed E-state index contributed by atoms with van der Waals surface area (Å²) >= 11 is 0. The number of nitriles is 1. The molecule has 0 unspecified atom stereocenters. The molecule has 1 amide bonds. The first-order chi connectivity index (χ1) is 13.3. The van der Waals surface area contributed by atoms with Gasteiger partial charge in [-0.3, -0.25) is 9.10 Å². The lowest BCUT2D eigenvalue weighted by atomic mass is 10.1. The molecule has 7 nitrogen and oxygen atoms in total. The second-order valence-electron chi connectivity index (χ2n) is 6.20. The van der Waals surface area contributed by atoms with Crippen molar-refractivity contribution < 1.29 is 17.9 Å². The molecule has 0 spiro atoms. The van der Waals surface area contributed by atoms with Crippen LogP contribution >= 0.6 is 0 Å². The van der Waals surface area contributed by atoms with Crippen LogP contribution in [-0.2, 0) is 21.2 Å². The first-order valence-electron chi connectivity index (χ1n) is 8.70. The number of nitrogens with zero attached hydrogens (tertiary/aromatic N) is 2. The van der Waals surface area contributed by atoms with Crippen LogP contribution in [0.25, 0.3) is 0 Å². The van der Waals surface area contributed by atoms with Gasteiger partial charge in [0.1, 0.15) is 11.8 Å². The summed E-state index contributed by atoms with van der Waals surface area (Å²) in [5.41, 5.74) is 1.76. The van der Waals surface area contributed by atoms with Crippen molar-refractivity contribution in [3.63, 3.8) is 0 Å². The van der Waals surface area contributed by atoms with Gasteiger partial charge in [-0.2, -0.15) is 5.26 Å². The molecule has 2 aromatic carbocycles. The summed E-state index contributed by atoms with van der Waals surface area (Å²) in [6, 6.07) is 14.5. The Balaban J connectivity index is 2.29. The standard InChI is InChI=1S/C20H23N3O4S/c1-4-19(20(24)22-16-7-5-15(6-8-16)13-14-21)23(28(3,25)26)17-9-11-18(27-2)12-10-17/h5-12,19H,4,13H2,1-3H3,(H,22,24)/t19-/m1/s1. The topological polar surface area (TPSA) is 99.5 Å². The molecule has 2 rings (SSSR count). The number of methoxy groups -OCH3 is 1. The first kappa shape index (κ1) is 21.3. The fourth-order valence-corrected chi connectivity index (χ4v) is 4.02. The third-order valence-electron chi connectivity index (χ3n) is 4.16. The minimum absolute atomic E-state index is 0.283. The Bertz CT molecular complexity index is 948. The Morgan fingerprint density at radius 1 is 1.18 bits per heavy atom. The van der Waals surface area contributed by atoms with Crippen molar-refractivity contribution in [2.45, 2.75) is 25.8 Å². The summed E-state index contributed by atoms with van der Waals surface area (Å²) in [6.07, 6.45) is 1.65. The van der Waals surface area contributed by atoms with E-state index in [-0.39, 0.29) is 12.8 Å². The maximum atomic E-state index is 12.8. The number of hydrogen-bond acceptors (Lipinski definition) is 5. The molecule has 0 aliphatic carbocycles. The van der Waals surface area contributed by atoms with E-state index in [4.69, 9.17) is 10.00 Å². The van der Waals surface area contributed by atoms with Gasteiger partial charge >= 0.3 is 0 Å². The van der Waals surface area contributed by atoms with Crippen molar-refractivity contribution in [3.8, 4) is 11.8 Å². The van der Waals surface area contributed by atoms with E-state index in [0.717, 1.165) is 16.1 Å². The lowest BCUT2D eigenvalue weighted by molar-refractivity contribution is -0.117. The number of anilines is 2. The van der Waals surface area contributed by atoms with Crippen LogP contribution in [0.2, 0.25) is 0 Å². The molecule has 1 N–H and O–H groups in total. The molecule has 0 aliphatic rings. The largest absolute Gasteiger partial charge is 0.497 e. The zero-order valence-corrected chi connectivity index (χ0v) is 16.9. The molecule has 8 heteroatoms. The van der Waals surface area contributed by atoms with Crippen LogP contribution in [0.15, 0.2) is 48.5 Å². The number of carbonyl (C=O) groups is 1. The first-order valence-corrected chi connectivity index (χ1v) is 10.5. The fourth-order valence-electron chi connectivity index (χ4n) is 2.81. The maximum Gasteiger partial charge on any atom is 0.248 e. The summed E-state index contributed by atoms with van der Waals surface area (Å²) in [5, 5.41) is 11.5. The van der Waals surface area contributed by atoms with E-state index in [0.29, 0.717) is 17.1 Å². The zero-order chi connectivity index (χ0) is 20.7. The molecule has 0 radical (unpaired) electrons. The number of rotatable bonds is 8. The summed E-state index contributed by atoms with van der Waals surface area (Å²) in [4.78, 5) is 12.8. The van der Waals surface area contributed by atoms with Gasteiger partial charge in [0.2, 0.25) is 15.9 Å². The predicted octanol–water partition coefficient (Wildman–Crippen LogP) is 2.94. The number of sulfonamides is 1. The lowest BCUT2D eigenvalue weighted by Gasteiger charge is -2.30. The van der Waals surface area contributed by atoms with Gasteiger partial charge in [0, 0.05) is 5.69 Å². The van der Waals surface area contributed by atoms with Gasteiger partial charge in [-0.05, 0) is 48.4 Å². The molecule has 2 aromatic rings. The lowest BCUT2D eigenvalue weighted by Crippen LogP contribution is -2.46. The Morgan fingerprint density at radius 2 is 1.79 bits per heavy atom. The van der Waals surface area contributed by atoms with E-state index >= 15 is 0 Å². The van der Waals surface area contributed by atoms with E-state index in [1.54, 1.807) is 55.5 Å². The number of hydrogen-bond donors (Lipinski definition) is 1. The van der Waals surface area contributed by atoms with Crippen molar-refractivity contribution >= 4 is 27.3 Å². The van der Waals surface area contributed by atoms with E-state index in [9.17, 15) is 13.2 Å². The number of benzene rings is 2. The molecular weight excluding hydrogens is 378 g/mol. The van der Waals surface area contributed by atoms with Gasteiger partial charge in [0.25, 0.3) is 0 Å². The molecule has 0 aliphatic heterocycles. The second kappa shape index (κ2) is 9.24. The van der Waals surface area contributed by atoms with Crippen molar-refractivity contribution in [3.05, 3.63) is 54.1 Å². The van der Waals surface area contributed by atoms with Gasteiger partial charge in [-0.1, -0.05) is 19.1 Å². The van der Waals surface area contributed by atoms with Gasteiger partial charge < -0.3 is 10.1 Å². The molecule has 28 heavy (non-hydrogen) atoms. The number of ether oxygens (including phenoxy) is 1. The molecule has 0 aromatic heterocycles. The highest BCUT2D eigenvalue weighted by atomic mass is 32.2. The molecule has 0 saturated carbocycles. The minimum atomic E-state index is -3.70. The summed E-state index contributed by atoms with van der Waals surface area (Å²) in [6.45, 7) is 1.75. The molecule has 0 fully saturated rings. The number of nitrogens with one attached hydrogen (secondary N) is 1. The highest BCUT2D eigenvalue weighted by Gasteiger charge is 2.31. The highest BCUT2D eigenvalue weighted by Crippen LogP contribution is 2.25. The SMILES string of the molecule is CC[C@H](C(=O)Nc1ccc(CC#N)cc1)N(c1ccc(OC)cc1)S(C)(=O)=O. The summed E-state index contributed by atoms with van der Waals surface area (Å²) < 4.78 is 31.1. The summed E-state index contributed by atoms with van der Waals surface area (Å²) in [5.74, 6) is 0.156. The van der Waals surface area contributed by atoms with Gasteiger partial charge in [-0.25, -0.2) is 8.42 Å². The van der Waals surface area contributed by atoms with Crippen molar-refractivity contribution in [2.75, 3.05) is 23.0 Å². The Labute approximate surface area is 165 Å². The Kier molecular flexibility index (Phi) is 7.01. The molecule has 0 bridgehead atoms. The van der Waals surface area contributed by atoms with Gasteiger partial charge in [0.05, 0.1) is 31.5 Å². The van der Waals surface area contributed by atoms with E-state index in [1.165, 1.54) is 7.11 Å². The maximum absolute atomic E-state index is 12.8. The quantitative estimate of drug-likeness (QED) is 0.733. The van der Waals surface area contributed by atoms with E-state index < -0.39 is 22.0 Å². The highest BCUT2D eigenvalue weighted by molar-refractivity contribution is 7.92. The van der Waals surface area contributed by atoms with Crippen LogP contribution in [0, 0.1) is 11.3 Å². The van der Waals surface area contributed by atoms with Crippen LogP contribution in [-0.4, -0.2) is 33.7 Å². The van der Waals surface area contributed by atoms with Crippen molar-refractivity contribution in [1.82, 2.24) is 0 Å². The molecular formula is C20H23N3O4S.